The standard InChI is InChI=1S/C18H24N2O2/c1-18(2,3)22-17(21)20-12-5-4-9-15(20)14-8-6-7-13-10-11-19-16(13)14/h6-8,10-11,15,19H,4-5,9,12H2,1-3H3. The van der Waals surface area contributed by atoms with Crippen LogP contribution in [0, 0.1) is 0 Å². The fourth-order valence-electron chi connectivity index (χ4n) is 3.18. The number of piperidine rings is 1. The SMILES string of the molecule is CC(C)(C)OC(=O)N1CCCCC1c1cccc2cc[nH]c12. The van der Waals surface area contributed by atoms with E-state index in [1.165, 1.54) is 10.9 Å². The number of fused-ring (bicyclic) bond motifs is 1. The van der Waals surface area contributed by atoms with Gasteiger partial charge in [0.15, 0.2) is 0 Å². The van der Waals surface area contributed by atoms with Crippen LogP contribution in [0.15, 0.2) is 30.5 Å². The van der Waals surface area contributed by atoms with E-state index in [0.717, 1.165) is 31.3 Å². The number of carbonyl (C=O) groups is 1. The lowest BCUT2D eigenvalue weighted by molar-refractivity contribution is 0.00967. The maximum Gasteiger partial charge on any atom is 0.410 e. The molecule has 1 atom stereocenters. The average Bonchev–Trinajstić information content (AvgIpc) is 2.93. The molecule has 1 fully saturated rings. The fourth-order valence-corrected chi connectivity index (χ4v) is 3.18. The van der Waals surface area contributed by atoms with Crippen LogP contribution in [0.1, 0.15) is 51.6 Å². The summed E-state index contributed by atoms with van der Waals surface area (Å²) in [6.45, 7) is 6.50. The van der Waals surface area contributed by atoms with Crippen molar-refractivity contribution in [1.82, 2.24) is 9.88 Å². The van der Waals surface area contributed by atoms with Crippen molar-refractivity contribution in [2.75, 3.05) is 6.54 Å². The van der Waals surface area contributed by atoms with Crippen molar-refractivity contribution in [3.8, 4) is 0 Å². The van der Waals surface area contributed by atoms with Crippen LogP contribution in [-0.4, -0.2) is 28.1 Å². The minimum Gasteiger partial charge on any atom is -0.444 e. The first-order chi connectivity index (χ1) is 10.5. The minimum absolute atomic E-state index is 0.0888. The molecule has 0 spiro atoms. The van der Waals surface area contributed by atoms with Gasteiger partial charge >= 0.3 is 6.09 Å². The highest BCUT2D eigenvalue weighted by atomic mass is 16.6. The van der Waals surface area contributed by atoms with Crippen LogP contribution in [0.25, 0.3) is 10.9 Å². The number of carbonyl (C=O) groups excluding carboxylic acids is 1. The Balaban J connectivity index is 1.93. The van der Waals surface area contributed by atoms with E-state index in [4.69, 9.17) is 4.74 Å². The number of para-hydroxylation sites is 1. The normalized spacial score (nSPS) is 19.4. The van der Waals surface area contributed by atoms with Crippen molar-refractivity contribution < 1.29 is 9.53 Å². The molecule has 2 heterocycles. The molecule has 0 radical (unpaired) electrons. The number of ether oxygens (including phenoxy) is 1. The Morgan fingerprint density at radius 1 is 1.27 bits per heavy atom. The number of nitrogens with one attached hydrogen (secondary N) is 1. The van der Waals surface area contributed by atoms with Crippen molar-refractivity contribution in [2.45, 2.75) is 51.7 Å². The van der Waals surface area contributed by atoms with Gasteiger partial charge in [0, 0.05) is 12.7 Å². The van der Waals surface area contributed by atoms with E-state index < -0.39 is 5.60 Å². The number of hydrogen-bond acceptors (Lipinski definition) is 2. The van der Waals surface area contributed by atoms with E-state index in [0.29, 0.717) is 0 Å². The zero-order chi connectivity index (χ0) is 15.7. The summed E-state index contributed by atoms with van der Waals surface area (Å²) in [7, 11) is 0. The van der Waals surface area contributed by atoms with Gasteiger partial charge in [-0.25, -0.2) is 4.79 Å². The number of hydrogen-bond donors (Lipinski definition) is 1. The Bertz CT molecular complexity index is 669. The summed E-state index contributed by atoms with van der Waals surface area (Å²) in [6, 6.07) is 8.43. The summed E-state index contributed by atoms with van der Waals surface area (Å²) >= 11 is 0. The molecule has 1 aromatic carbocycles. The molecule has 1 aliphatic rings. The molecule has 118 valence electrons. The van der Waals surface area contributed by atoms with Crippen LogP contribution in [0.3, 0.4) is 0 Å². The molecule has 1 saturated heterocycles. The molecule has 1 unspecified atom stereocenters. The Labute approximate surface area is 131 Å². The van der Waals surface area contributed by atoms with Gasteiger partial charge in [-0.05, 0) is 57.0 Å². The Morgan fingerprint density at radius 3 is 2.86 bits per heavy atom. The Hall–Kier alpha value is -1.97. The third kappa shape index (κ3) is 2.96. The summed E-state index contributed by atoms with van der Waals surface area (Å²) in [4.78, 5) is 17.8. The van der Waals surface area contributed by atoms with E-state index in [2.05, 4.69) is 29.2 Å². The molecule has 22 heavy (non-hydrogen) atoms. The average molecular weight is 300 g/mol. The Kier molecular flexibility index (Phi) is 3.85. The number of rotatable bonds is 1. The molecule has 4 heteroatoms. The number of aromatic nitrogens is 1. The lowest BCUT2D eigenvalue weighted by Crippen LogP contribution is -2.41. The van der Waals surface area contributed by atoms with Gasteiger partial charge in [0.05, 0.1) is 11.6 Å². The number of amides is 1. The molecule has 3 rings (SSSR count). The predicted octanol–water partition coefficient (Wildman–Crippen LogP) is 4.63. The zero-order valence-electron chi connectivity index (χ0n) is 13.6. The molecule has 1 N–H and O–H groups in total. The third-order valence-corrected chi connectivity index (χ3v) is 4.11. The maximum atomic E-state index is 12.6. The van der Waals surface area contributed by atoms with Gasteiger partial charge in [-0.1, -0.05) is 18.2 Å². The monoisotopic (exact) mass is 300 g/mol. The van der Waals surface area contributed by atoms with Gasteiger partial charge in [-0.15, -0.1) is 0 Å². The van der Waals surface area contributed by atoms with E-state index in [1.54, 1.807) is 0 Å². The van der Waals surface area contributed by atoms with Crippen molar-refractivity contribution in [3.63, 3.8) is 0 Å². The minimum atomic E-state index is -0.461. The molecule has 1 aromatic heterocycles. The first-order valence-electron chi connectivity index (χ1n) is 8.01. The van der Waals surface area contributed by atoms with Gasteiger partial charge in [-0.3, -0.25) is 0 Å². The molecule has 0 saturated carbocycles. The Morgan fingerprint density at radius 2 is 2.09 bits per heavy atom. The second-order valence-electron chi connectivity index (χ2n) is 6.97. The van der Waals surface area contributed by atoms with E-state index in [-0.39, 0.29) is 12.1 Å². The summed E-state index contributed by atoms with van der Waals surface area (Å²) in [5.74, 6) is 0. The van der Waals surface area contributed by atoms with Crippen LogP contribution >= 0.6 is 0 Å². The molecule has 0 aliphatic carbocycles. The number of likely N-dealkylation sites (tertiary alicyclic amines) is 1. The summed E-state index contributed by atoms with van der Waals surface area (Å²) in [6.07, 6.45) is 4.91. The van der Waals surface area contributed by atoms with E-state index in [9.17, 15) is 4.79 Å². The second-order valence-corrected chi connectivity index (χ2v) is 6.97. The van der Waals surface area contributed by atoms with Crippen LogP contribution in [0.5, 0.6) is 0 Å². The lowest BCUT2D eigenvalue weighted by Gasteiger charge is -2.37. The molecule has 1 aliphatic heterocycles. The smallest absolute Gasteiger partial charge is 0.410 e. The van der Waals surface area contributed by atoms with Gasteiger partial charge in [-0.2, -0.15) is 0 Å². The van der Waals surface area contributed by atoms with Crippen LogP contribution in [-0.2, 0) is 4.74 Å². The third-order valence-electron chi connectivity index (χ3n) is 4.11. The van der Waals surface area contributed by atoms with Crippen LogP contribution in [0.2, 0.25) is 0 Å². The highest BCUT2D eigenvalue weighted by molar-refractivity contribution is 5.83. The van der Waals surface area contributed by atoms with Gasteiger partial charge < -0.3 is 14.6 Å². The molecule has 4 nitrogen and oxygen atoms in total. The topological polar surface area (TPSA) is 45.3 Å². The fraction of sp³-hybridized carbons (Fsp3) is 0.500. The van der Waals surface area contributed by atoms with Crippen molar-refractivity contribution in [2.24, 2.45) is 0 Å². The highest BCUT2D eigenvalue weighted by Crippen LogP contribution is 2.35. The second kappa shape index (κ2) is 5.67. The zero-order valence-corrected chi connectivity index (χ0v) is 13.6. The molecule has 0 bridgehead atoms. The van der Waals surface area contributed by atoms with Gasteiger partial charge in [0.1, 0.15) is 5.60 Å². The highest BCUT2D eigenvalue weighted by Gasteiger charge is 2.32. The quantitative estimate of drug-likeness (QED) is 0.834. The number of benzene rings is 1. The number of aromatic amines is 1. The van der Waals surface area contributed by atoms with Gasteiger partial charge in [0.2, 0.25) is 0 Å². The molecular weight excluding hydrogens is 276 g/mol. The predicted molar refractivity (Wildman–Crippen MR) is 87.8 cm³/mol. The first-order valence-corrected chi connectivity index (χ1v) is 8.01. The van der Waals surface area contributed by atoms with E-state index >= 15 is 0 Å². The maximum absolute atomic E-state index is 12.6. The molecular formula is C18H24N2O2. The number of H-pyrrole nitrogens is 1. The first kappa shape index (κ1) is 14.9. The summed E-state index contributed by atoms with van der Waals surface area (Å²) < 4.78 is 5.60. The largest absolute Gasteiger partial charge is 0.444 e. The van der Waals surface area contributed by atoms with Crippen LogP contribution < -0.4 is 0 Å². The molecule has 1 amide bonds. The molecule has 2 aromatic rings. The lowest BCUT2D eigenvalue weighted by atomic mass is 9.94. The van der Waals surface area contributed by atoms with Crippen molar-refractivity contribution >= 4 is 17.0 Å². The van der Waals surface area contributed by atoms with E-state index in [1.807, 2.05) is 31.9 Å². The van der Waals surface area contributed by atoms with Gasteiger partial charge in [0.25, 0.3) is 0 Å². The summed E-state index contributed by atoms with van der Waals surface area (Å²) in [5, 5.41) is 1.19. The van der Waals surface area contributed by atoms with Crippen molar-refractivity contribution in [3.05, 3.63) is 36.0 Å². The summed E-state index contributed by atoms with van der Waals surface area (Å²) in [5.41, 5.74) is 1.85. The van der Waals surface area contributed by atoms with Crippen molar-refractivity contribution in [1.29, 1.82) is 0 Å². The number of nitrogens with zero attached hydrogens (tertiary/aromatic N) is 1. The van der Waals surface area contributed by atoms with Crippen LogP contribution in [0.4, 0.5) is 4.79 Å².